The summed E-state index contributed by atoms with van der Waals surface area (Å²) in [5.74, 6) is 0.0810. The highest BCUT2D eigenvalue weighted by atomic mass is 16.5. The fourth-order valence-corrected chi connectivity index (χ4v) is 2.84. The predicted octanol–water partition coefficient (Wildman–Crippen LogP) is 4.93. The fraction of sp³-hybridized carbons (Fsp3) is 0.250. The van der Waals surface area contributed by atoms with Gasteiger partial charge in [0.1, 0.15) is 5.75 Å². The van der Waals surface area contributed by atoms with E-state index in [2.05, 4.69) is 10.2 Å². The van der Waals surface area contributed by atoms with Crippen molar-refractivity contribution in [2.45, 2.75) is 26.8 Å². The smallest absolute Gasteiger partial charge is 0.302 e. The van der Waals surface area contributed by atoms with Crippen LogP contribution in [0.5, 0.6) is 11.6 Å². The third-order valence-corrected chi connectivity index (χ3v) is 3.99. The summed E-state index contributed by atoms with van der Waals surface area (Å²) in [6.07, 6.45) is 0. The second-order valence-corrected chi connectivity index (χ2v) is 6.35. The standard InChI is InChI=1S/C20H21N3O3/c1-13(2)23-17-10-5-4-9-16(17)19(20(23)25)22-21-18(24)12-26-15-8-6-7-14(3)11-15/h4-11,13,25H,12H2,1-3H3. The van der Waals surface area contributed by atoms with Crippen molar-refractivity contribution in [3.63, 3.8) is 0 Å². The van der Waals surface area contributed by atoms with Crippen LogP contribution in [0.15, 0.2) is 58.8 Å². The number of aryl methyl sites for hydroxylation is 1. The van der Waals surface area contributed by atoms with Gasteiger partial charge in [-0.3, -0.25) is 4.79 Å². The van der Waals surface area contributed by atoms with Crippen LogP contribution in [0.2, 0.25) is 0 Å². The van der Waals surface area contributed by atoms with Gasteiger partial charge >= 0.3 is 5.91 Å². The molecule has 0 aliphatic rings. The SMILES string of the molecule is Cc1cccc(OCC(=O)N=Nc2c(O)n(C(C)C)c3ccccc23)c1. The normalized spacial score (nSPS) is 11.5. The second kappa shape index (κ2) is 7.39. The summed E-state index contributed by atoms with van der Waals surface area (Å²) in [4.78, 5) is 12.0. The molecule has 3 rings (SSSR count). The van der Waals surface area contributed by atoms with Gasteiger partial charge in [-0.2, -0.15) is 0 Å². The van der Waals surface area contributed by atoms with Gasteiger partial charge in [0, 0.05) is 11.4 Å². The van der Waals surface area contributed by atoms with Gasteiger partial charge in [0.25, 0.3) is 0 Å². The lowest BCUT2D eigenvalue weighted by atomic mass is 10.2. The molecule has 6 nitrogen and oxygen atoms in total. The first-order valence-electron chi connectivity index (χ1n) is 8.43. The molecule has 0 saturated carbocycles. The molecule has 26 heavy (non-hydrogen) atoms. The lowest BCUT2D eigenvalue weighted by Crippen LogP contribution is -2.07. The Bertz CT molecular complexity index is 974. The number of benzene rings is 2. The van der Waals surface area contributed by atoms with Crippen molar-refractivity contribution in [2.75, 3.05) is 6.61 Å². The van der Waals surface area contributed by atoms with Crippen LogP contribution in [-0.2, 0) is 4.79 Å². The molecule has 134 valence electrons. The van der Waals surface area contributed by atoms with Crippen molar-refractivity contribution in [3.8, 4) is 11.6 Å². The summed E-state index contributed by atoms with van der Waals surface area (Å²) >= 11 is 0. The minimum Gasteiger partial charge on any atom is -0.493 e. The molecule has 3 aromatic rings. The number of ether oxygens (including phenoxy) is 1. The Morgan fingerprint density at radius 3 is 2.69 bits per heavy atom. The monoisotopic (exact) mass is 351 g/mol. The van der Waals surface area contributed by atoms with Crippen molar-refractivity contribution in [3.05, 3.63) is 54.1 Å². The Hall–Kier alpha value is -3.15. The van der Waals surface area contributed by atoms with Gasteiger partial charge < -0.3 is 14.4 Å². The molecule has 0 bridgehead atoms. The van der Waals surface area contributed by atoms with Crippen molar-refractivity contribution < 1.29 is 14.6 Å². The van der Waals surface area contributed by atoms with Gasteiger partial charge in [-0.15, -0.1) is 10.2 Å². The van der Waals surface area contributed by atoms with Crippen LogP contribution >= 0.6 is 0 Å². The van der Waals surface area contributed by atoms with Gasteiger partial charge in [0.2, 0.25) is 5.88 Å². The Kier molecular flexibility index (Phi) is 5.02. The molecule has 2 aromatic carbocycles. The third kappa shape index (κ3) is 3.59. The van der Waals surface area contributed by atoms with Crippen LogP contribution in [0.3, 0.4) is 0 Å². The number of hydrogen-bond donors (Lipinski definition) is 1. The summed E-state index contributed by atoms with van der Waals surface area (Å²) in [5, 5.41) is 18.9. The summed E-state index contributed by atoms with van der Waals surface area (Å²) in [5.41, 5.74) is 2.18. The van der Waals surface area contributed by atoms with Gasteiger partial charge in [-0.1, -0.05) is 30.3 Å². The quantitative estimate of drug-likeness (QED) is 0.662. The molecule has 0 spiro atoms. The second-order valence-electron chi connectivity index (χ2n) is 6.35. The zero-order valence-electron chi connectivity index (χ0n) is 15.0. The van der Waals surface area contributed by atoms with E-state index < -0.39 is 5.91 Å². The first-order chi connectivity index (χ1) is 12.5. The Morgan fingerprint density at radius 2 is 1.96 bits per heavy atom. The number of aromatic nitrogens is 1. The lowest BCUT2D eigenvalue weighted by Gasteiger charge is -2.10. The number of carbonyl (C=O) groups excluding carboxylic acids is 1. The number of hydrogen-bond acceptors (Lipinski definition) is 4. The summed E-state index contributed by atoms with van der Waals surface area (Å²) in [7, 11) is 0. The van der Waals surface area contributed by atoms with E-state index in [1.165, 1.54) is 0 Å². The molecule has 1 amide bonds. The highest BCUT2D eigenvalue weighted by molar-refractivity contribution is 5.95. The molecule has 0 fully saturated rings. The van der Waals surface area contributed by atoms with Crippen molar-refractivity contribution in [2.24, 2.45) is 10.2 Å². The number of amides is 1. The van der Waals surface area contributed by atoms with Crippen LogP contribution < -0.4 is 4.74 Å². The van der Waals surface area contributed by atoms with Gasteiger partial charge in [-0.05, 0) is 44.5 Å². The molecule has 6 heteroatoms. The third-order valence-electron chi connectivity index (χ3n) is 3.99. The van der Waals surface area contributed by atoms with E-state index in [9.17, 15) is 9.90 Å². The molecule has 0 aliphatic carbocycles. The summed E-state index contributed by atoms with van der Waals surface area (Å²) in [6.45, 7) is 5.67. The number of fused-ring (bicyclic) bond motifs is 1. The van der Waals surface area contributed by atoms with E-state index in [0.717, 1.165) is 16.5 Å². The maximum absolute atomic E-state index is 12.0. The Morgan fingerprint density at radius 1 is 1.19 bits per heavy atom. The number of para-hydroxylation sites is 1. The van der Waals surface area contributed by atoms with E-state index in [1.807, 2.05) is 63.2 Å². The molecule has 0 saturated heterocycles. The van der Waals surface area contributed by atoms with E-state index in [1.54, 1.807) is 10.6 Å². The average Bonchev–Trinajstić information content (AvgIpc) is 2.90. The molecule has 0 radical (unpaired) electrons. The van der Waals surface area contributed by atoms with Crippen molar-refractivity contribution >= 4 is 22.5 Å². The van der Waals surface area contributed by atoms with Gasteiger partial charge in [-0.25, -0.2) is 0 Å². The minimum absolute atomic E-state index is 0.00245. The molecule has 0 atom stereocenters. The minimum atomic E-state index is -0.521. The maximum Gasteiger partial charge on any atom is 0.302 e. The number of azo groups is 1. The fourth-order valence-electron chi connectivity index (χ4n) is 2.84. The number of aromatic hydroxyl groups is 1. The highest BCUT2D eigenvalue weighted by Crippen LogP contribution is 2.40. The molecule has 1 aromatic heterocycles. The lowest BCUT2D eigenvalue weighted by molar-refractivity contribution is -0.120. The van der Waals surface area contributed by atoms with E-state index in [-0.39, 0.29) is 18.5 Å². The predicted molar refractivity (Wildman–Crippen MR) is 100 cm³/mol. The number of carbonyl (C=O) groups is 1. The van der Waals surface area contributed by atoms with Crippen LogP contribution in [-0.4, -0.2) is 22.2 Å². The van der Waals surface area contributed by atoms with Crippen molar-refractivity contribution in [1.29, 1.82) is 0 Å². The Labute approximate surface area is 151 Å². The molecule has 0 unspecified atom stereocenters. The zero-order valence-corrected chi connectivity index (χ0v) is 15.0. The van der Waals surface area contributed by atoms with Gasteiger partial charge in [0.15, 0.2) is 12.3 Å². The molecule has 1 N–H and O–H groups in total. The largest absolute Gasteiger partial charge is 0.493 e. The van der Waals surface area contributed by atoms with Gasteiger partial charge in [0.05, 0.1) is 5.52 Å². The number of nitrogens with zero attached hydrogens (tertiary/aromatic N) is 3. The first-order valence-corrected chi connectivity index (χ1v) is 8.43. The molecule has 0 aliphatic heterocycles. The van der Waals surface area contributed by atoms with Crippen LogP contribution in [0.4, 0.5) is 5.69 Å². The van der Waals surface area contributed by atoms with E-state index in [4.69, 9.17) is 4.74 Å². The average molecular weight is 351 g/mol. The van der Waals surface area contributed by atoms with Crippen LogP contribution in [0, 0.1) is 6.92 Å². The zero-order chi connectivity index (χ0) is 18.7. The highest BCUT2D eigenvalue weighted by Gasteiger charge is 2.18. The van der Waals surface area contributed by atoms with Crippen LogP contribution in [0.25, 0.3) is 10.9 Å². The number of rotatable bonds is 5. The topological polar surface area (TPSA) is 76.2 Å². The van der Waals surface area contributed by atoms with E-state index >= 15 is 0 Å². The molecular formula is C20H21N3O3. The summed E-state index contributed by atoms with van der Waals surface area (Å²) < 4.78 is 7.19. The molecular weight excluding hydrogens is 330 g/mol. The molecule has 1 heterocycles. The summed E-state index contributed by atoms with van der Waals surface area (Å²) in [6, 6.07) is 15.0. The first kappa shape index (κ1) is 17.7. The van der Waals surface area contributed by atoms with E-state index in [0.29, 0.717) is 11.4 Å². The maximum atomic E-state index is 12.0. The van der Waals surface area contributed by atoms with Crippen molar-refractivity contribution in [1.82, 2.24) is 4.57 Å². The van der Waals surface area contributed by atoms with Crippen LogP contribution in [0.1, 0.15) is 25.5 Å². The Balaban J connectivity index is 1.80.